The number of carbonyl (C=O) groups excluding carboxylic acids is 1. The number of carboxylic acid groups (broad SMARTS) is 1. The van der Waals surface area contributed by atoms with Gasteiger partial charge in [0.15, 0.2) is 0 Å². The molecule has 1 fully saturated rings. The predicted molar refractivity (Wildman–Crippen MR) is 129 cm³/mol. The van der Waals surface area contributed by atoms with E-state index in [0.29, 0.717) is 5.39 Å². The second-order valence-corrected chi connectivity index (χ2v) is 9.70. The van der Waals surface area contributed by atoms with Crippen LogP contribution in [0.25, 0.3) is 10.9 Å². The monoisotopic (exact) mass is 538 g/mol. The quantitative estimate of drug-likeness (QED) is 0.372. The highest BCUT2D eigenvalue weighted by Gasteiger charge is 2.33. The summed E-state index contributed by atoms with van der Waals surface area (Å²) in [7, 11) is -4.48. The lowest BCUT2D eigenvalue weighted by atomic mass is 10.1. The van der Waals surface area contributed by atoms with E-state index in [1.54, 1.807) is 4.90 Å². The van der Waals surface area contributed by atoms with Gasteiger partial charge in [-0.2, -0.15) is 8.42 Å². The van der Waals surface area contributed by atoms with E-state index in [2.05, 4.69) is 15.3 Å². The maximum atomic E-state index is 14.0. The zero-order valence-corrected chi connectivity index (χ0v) is 19.9. The van der Waals surface area contributed by atoms with Crippen LogP contribution in [0, 0.1) is 5.82 Å². The number of carbonyl (C=O) groups is 2. The van der Waals surface area contributed by atoms with Crippen LogP contribution in [-0.2, 0) is 10.2 Å². The fourth-order valence-corrected chi connectivity index (χ4v) is 4.52. The highest BCUT2D eigenvalue weighted by molar-refractivity contribution is 7.91. The third-order valence-corrected chi connectivity index (χ3v) is 6.42. The lowest BCUT2D eigenvalue weighted by Gasteiger charge is -2.24. The topological polar surface area (TPSA) is 154 Å². The maximum absolute atomic E-state index is 14.0. The Balaban J connectivity index is 1.66. The van der Waals surface area contributed by atoms with Crippen molar-refractivity contribution in [3.63, 3.8) is 0 Å². The molecule has 1 aliphatic rings. The number of rotatable bonds is 6. The van der Waals surface area contributed by atoms with Gasteiger partial charge in [-0.1, -0.05) is 0 Å². The molecule has 1 aromatic carbocycles. The Morgan fingerprint density at radius 3 is 2.62 bits per heavy atom. The second kappa shape index (κ2) is 10.1. The Hall–Kier alpha value is -4.14. The van der Waals surface area contributed by atoms with Gasteiger partial charge in [0.1, 0.15) is 17.5 Å². The van der Waals surface area contributed by atoms with E-state index in [1.807, 2.05) is 4.72 Å². The van der Waals surface area contributed by atoms with Gasteiger partial charge < -0.3 is 15.3 Å². The lowest BCUT2D eigenvalue weighted by molar-refractivity contribution is -0.0102. The minimum atomic E-state index is -4.48. The summed E-state index contributed by atoms with van der Waals surface area (Å²) in [6.45, 7) is 0.139. The lowest BCUT2D eigenvalue weighted by Crippen LogP contribution is -2.34. The normalized spacial score (nSPS) is 15.6. The molecule has 0 aliphatic carbocycles. The van der Waals surface area contributed by atoms with E-state index in [4.69, 9.17) is 5.11 Å². The Labute approximate surface area is 208 Å². The minimum absolute atomic E-state index is 0.0378. The van der Waals surface area contributed by atoms with Crippen LogP contribution in [0.4, 0.5) is 35.3 Å². The van der Waals surface area contributed by atoms with Gasteiger partial charge in [0, 0.05) is 55.3 Å². The molecule has 2 aromatic heterocycles. The molecule has 3 aromatic rings. The number of hydrogen-bond donors (Lipinski definition) is 4. The van der Waals surface area contributed by atoms with Crippen LogP contribution < -0.4 is 19.7 Å². The number of benzene rings is 1. The number of halogens is 3. The maximum Gasteiger partial charge on any atom is 0.419 e. The Morgan fingerprint density at radius 1 is 1.08 bits per heavy atom. The van der Waals surface area contributed by atoms with Crippen molar-refractivity contribution < 1.29 is 36.3 Å². The first-order valence-corrected chi connectivity index (χ1v) is 12.4. The Bertz CT molecular complexity index is 1470. The standard InChI is InChI=1S/C22H21F3N6O5S/c23-14-3-2-13-10-16(19(28-17(13)11-14)31-8-1-5-22(24,25)6-9-31)20(32)27-15-4-7-26-18(12-15)29-37(35,36)30-21(33)34/h2-4,7,10-12,30H,1,5-6,8-9H2,(H,33,34)(H2,26,27,29,32). The second-order valence-electron chi connectivity index (χ2n) is 8.29. The number of aromatic nitrogens is 2. The van der Waals surface area contributed by atoms with E-state index in [9.17, 15) is 31.2 Å². The summed E-state index contributed by atoms with van der Waals surface area (Å²) < 4.78 is 68.5. The molecule has 11 nitrogen and oxygen atoms in total. The van der Waals surface area contributed by atoms with Gasteiger partial charge in [-0.3, -0.25) is 4.79 Å². The van der Waals surface area contributed by atoms with Crippen molar-refractivity contribution in [1.82, 2.24) is 14.7 Å². The summed E-state index contributed by atoms with van der Waals surface area (Å²) in [6, 6.07) is 7.79. The number of nitrogens with zero attached hydrogens (tertiary/aromatic N) is 3. The van der Waals surface area contributed by atoms with Crippen molar-refractivity contribution in [2.45, 2.75) is 25.2 Å². The molecule has 4 N–H and O–H groups in total. The van der Waals surface area contributed by atoms with Crippen molar-refractivity contribution in [2.24, 2.45) is 0 Å². The molecule has 196 valence electrons. The van der Waals surface area contributed by atoms with Crippen LogP contribution in [0.15, 0.2) is 42.6 Å². The van der Waals surface area contributed by atoms with Crippen molar-refractivity contribution in [2.75, 3.05) is 28.0 Å². The third kappa shape index (κ3) is 6.55. The van der Waals surface area contributed by atoms with Crippen LogP contribution in [-0.4, -0.2) is 54.5 Å². The molecule has 0 saturated carbocycles. The van der Waals surface area contributed by atoms with Crippen molar-refractivity contribution in [3.05, 3.63) is 54.0 Å². The average molecular weight is 539 g/mol. The summed E-state index contributed by atoms with van der Waals surface area (Å²) in [4.78, 5) is 33.7. The fourth-order valence-electron chi connectivity index (χ4n) is 3.85. The van der Waals surface area contributed by atoms with Crippen LogP contribution >= 0.6 is 0 Å². The van der Waals surface area contributed by atoms with Gasteiger partial charge in [-0.25, -0.2) is 37.4 Å². The van der Waals surface area contributed by atoms with Gasteiger partial charge in [-0.15, -0.1) is 0 Å². The molecule has 0 radical (unpaired) electrons. The molecular weight excluding hydrogens is 517 g/mol. The van der Waals surface area contributed by atoms with Gasteiger partial charge in [-0.05, 0) is 30.7 Å². The summed E-state index contributed by atoms with van der Waals surface area (Å²) in [5.74, 6) is -4.26. The summed E-state index contributed by atoms with van der Waals surface area (Å²) >= 11 is 0. The van der Waals surface area contributed by atoms with Crippen LogP contribution in [0.2, 0.25) is 0 Å². The average Bonchev–Trinajstić information content (AvgIpc) is 2.97. The number of alkyl halides is 2. The van der Waals surface area contributed by atoms with E-state index in [-0.39, 0.29) is 54.3 Å². The molecule has 0 spiro atoms. The molecule has 3 heterocycles. The first-order chi connectivity index (χ1) is 17.4. The molecular formula is C22H21F3N6O5S. The number of anilines is 3. The molecule has 15 heteroatoms. The molecule has 37 heavy (non-hydrogen) atoms. The smallest absolute Gasteiger partial charge is 0.419 e. The Morgan fingerprint density at radius 2 is 1.86 bits per heavy atom. The molecule has 0 unspecified atom stereocenters. The van der Waals surface area contributed by atoms with Crippen molar-refractivity contribution >= 4 is 50.4 Å². The van der Waals surface area contributed by atoms with Gasteiger partial charge in [0.05, 0.1) is 11.1 Å². The van der Waals surface area contributed by atoms with Crippen LogP contribution in [0.3, 0.4) is 0 Å². The van der Waals surface area contributed by atoms with Crippen LogP contribution in [0.5, 0.6) is 0 Å². The van der Waals surface area contributed by atoms with Crippen molar-refractivity contribution in [3.8, 4) is 0 Å². The van der Waals surface area contributed by atoms with Gasteiger partial charge >= 0.3 is 16.3 Å². The highest BCUT2D eigenvalue weighted by atomic mass is 32.2. The van der Waals surface area contributed by atoms with E-state index in [0.717, 1.165) is 6.07 Å². The van der Waals surface area contributed by atoms with Crippen LogP contribution in [0.1, 0.15) is 29.6 Å². The third-order valence-electron chi connectivity index (χ3n) is 5.50. The van der Waals surface area contributed by atoms with Gasteiger partial charge in [0.25, 0.3) is 5.91 Å². The largest absolute Gasteiger partial charge is 0.464 e. The zero-order valence-electron chi connectivity index (χ0n) is 19.0. The number of pyridine rings is 2. The molecule has 1 saturated heterocycles. The summed E-state index contributed by atoms with van der Waals surface area (Å²) in [6.07, 6.45) is -1.21. The van der Waals surface area contributed by atoms with E-state index < -0.39 is 40.4 Å². The van der Waals surface area contributed by atoms with E-state index >= 15 is 0 Å². The zero-order chi connectivity index (χ0) is 26.8. The molecule has 2 amide bonds. The molecule has 1 aliphatic heterocycles. The summed E-state index contributed by atoms with van der Waals surface area (Å²) in [5, 5.41) is 11.6. The first kappa shape index (κ1) is 25.9. The number of nitrogens with one attached hydrogen (secondary N) is 3. The molecule has 4 rings (SSSR count). The highest BCUT2D eigenvalue weighted by Crippen LogP contribution is 2.32. The Kier molecular flexibility index (Phi) is 7.07. The fraction of sp³-hybridized carbons (Fsp3) is 0.273. The van der Waals surface area contributed by atoms with Crippen molar-refractivity contribution in [1.29, 1.82) is 0 Å². The summed E-state index contributed by atoms with van der Waals surface area (Å²) in [5.41, 5.74) is 0.380. The molecule has 0 bridgehead atoms. The SMILES string of the molecule is O=C(O)NS(=O)(=O)Nc1cc(NC(=O)c2cc3ccc(F)cc3nc2N2CCCC(F)(F)CC2)ccn1. The molecule has 0 atom stereocenters. The predicted octanol–water partition coefficient (Wildman–Crippen LogP) is 3.57. The van der Waals surface area contributed by atoms with Gasteiger partial charge in [0.2, 0.25) is 5.92 Å². The number of fused-ring (bicyclic) bond motifs is 1. The van der Waals surface area contributed by atoms with E-state index in [1.165, 1.54) is 41.3 Å². The number of amides is 2. The first-order valence-electron chi connectivity index (χ1n) is 10.9. The number of hydrogen-bond acceptors (Lipinski definition) is 7. The minimum Gasteiger partial charge on any atom is -0.464 e.